The summed E-state index contributed by atoms with van der Waals surface area (Å²) in [5, 5.41) is 2.97. The monoisotopic (exact) mass is 380 g/mol. The van der Waals surface area contributed by atoms with Crippen LogP contribution in [0.1, 0.15) is 21.5 Å². The summed E-state index contributed by atoms with van der Waals surface area (Å²) >= 11 is 2.26. The van der Waals surface area contributed by atoms with Gasteiger partial charge in [0.15, 0.2) is 0 Å². The first-order valence-electron chi connectivity index (χ1n) is 6.47. The number of carbonyl (C=O) groups is 1. The Labute approximate surface area is 132 Å². The molecule has 2 aromatic rings. The number of carbonyl (C=O) groups excluding carboxylic acids is 1. The molecule has 0 saturated heterocycles. The minimum absolute atomic E-state index is 0.0849. The van der Waals surface area contributed by atoms with E-state index in [0.29, 0.717) is 18.5 Å². The lowest BCUT2D eigenvalue weighted by atomic mass is 10.0. The van der Waals surface area contributed by atoms with Crippen molar-refractivity contribution in [1.29, 1.82) is 0 Å². The third-order valence-corrected chi connectivity index (χ3v) is 3.78. The number of anilines is 1. The molecule has 1 amide bonds. The van der Waals surface area contributed by atoms with Crippen LogP contribution in [0.2, 0.25) is 0 Å². The first kappa shape index (κ1) is 15.0. The third kappa shape index (κ3) is 3.58. The van der Waals surface area contributed by atoms with Crippen LogP contribution in [0.25, 0.3) is 0 Å². The van der Waals surface area contributed by atoms with E-state index in [-0.39, 0.29) is 5.91 Å². The van der Waals surface area contributed by atoms with Gasteiger partial charge >= 0.3 is 0 Å². The Morgan fingerprint density at radius 1 is 1.25 bits per heavy atom. The molecule has 20 heavy (non-hydrogen) atoms. The van der Waals surface area contributed by atoms with Gasteiger partial charge in [0.05, 0.1) is 0 Å². The number of nitrogens with two attached hydrogens (primary N) is 1. The molecule has 0 aliphatic heterocycles. The van der Waals surface area contributed by atoms with Gasteiger partial charge in [0.2, 0.25) is 0 Å². The van der Waals surface area contributed by atoms with E-state index in [0.717, 1.165) is 20.4 Å². The van der Waals surface area contributed by atoms with Gasteiger partial charge in [0.25, 0.3) is 5.91 Å². The van der Waals surface area contributed by atoms with Gasteiger partial charge in [0.1, 0.15) is 0 Å². The predicted octanol–water partition coefficient (Wildman–Crippen LogP) is 3.35. The van der Waals surface area contributed by atoms with Crippen molar-refractivity contribution in [2.24, 2.45) is 5.73 Å². The van der Waals surface area contributed by atoms with Crippen LogP contribution < -0.4 is 11.1 Å². The number of hydrogen-bond donors (Lipinski definition) is 2. The SMILES string of the molecule is Cc1cc(I)ccc1NC(=O)c1ccccc1CCN. The molecule has 0 aliphatic rings. The van der Waals surface area contributed by atoms with Crippen LogP contribution in [0, 0.1) is 10.5 Å². The second kappa shape index (κ2) is 6.85. The highest BCUT2D eigenvalue weighted by atomic mass is 127. The Kier molecular flexibility index (Phi) is 5.14. The molecular weight excluding hydrogens is 363 g/mol. The van der Waals surface area contributed by atoms with Crippen molar-refractivity contribution in [3.8, 4) is 0 Å². The van der Waals surface area contributed by atoms with Crippen LogP contribution in [0.5, 0.6) is 0 Å². The normalized spacial score (nSPS) is 10.3. The Morgan fingerprint density at radius 2 is 2.00 bits per heavy atom. The number of benzene rings is 2. The Morgan fingerprint density at radius 3 is 2.70 bits per heavy atom. The molecule has 0 aliphatic carbocycles. The zero-order valence-corrected chi connectivity index (χ0v) is 13.5. The highest BCUT2D eigenvalue weighted by molar-refractivity contribution is 14.1. The van der Waals surface area contributed by atoms with Crippen LogP contribution in [0.15, 0.2) is 42.5 Å². The largest absolute Gasteiger partial charge is 0.330 e. The van der Waals surface area contributed by atoms with Crippen LogP contribution >= 0.6 is 22.6 Å². The van der Waals surface area contributed by atoms with Crippen LogP contribution in [0.3, 0.4) is 0 Å². The molecule has 0 saturated carbocycles. The van der Waals surface area contributed by atoms with Crippen LogP contribution in [-0.4, -0.2) is 12.5 Å². The summed E-state index contributed by atoms with van der Waals surface area (Å²) in [6, 6.07) is 13.5. The van der Waals surface area contributed by atoms with Crippen molar-refractivity contribution >= 4 is 34.2 Å². The van der Waals surface area contributed by atoms with Gasteiger partial charge in [-0.2, -0.15) is 0 Å². The summed E-state index contributed by atoms with van der Waals surface area (Å²) in [5.74, 6) is -0.0849. The Bertz CT molecular complexity index is 626. The fraction of sp³-hybridized carbons (Fsp3) is 0.188. The lowest BCUT2D eigenvalue weighted by Gasteiger charge is -2.11. The van der Waals surface area contributed by atoms with Crippen molar-refractivity contribution in [1.82, 2.24) is 0 Å². The number of rotatable bonds is 4. The maximum absolute atomic E-state index is 12.4. The zero-order chi connectivity index (χ0) is 14.5. The van der Waals surface area contributed by atoms with Gasteiger partial charge in [-0.3, -0.25) is 4.79 Å². The van der Waals surface area contributed by atoms with Crippen LogP contribution in [0.4, 0.5) is 5.69 Å². The van der Waals surface area contributed by atoms with Gasteiger partial charge in [-0.15, -0.1) is 0 Å². The average Bonchev–Trinajstić information content (AvgIpc) is 2.43. The molecule has 0 bridgehead atoms. The topological polar surface area (TPSA) is 55.1 Å². The van der Waals surface area contributed by atoms with Gasteiger partial charge < -0.3 is 11.1 Å². The Hall–Kier alpha value is -1.40. The lowest BCUT2D eigenvalue weighted by Crippen LogP contribution is -2.16. The van der Waals surface area contributed by atoms with Crippen molar-refractivity contribution in [3.05, 3.63) is 62.7 Å². The van der Waals surface area contributed by atoms with E-state index < -0.39 is 0 Å². The molecule has 0 aromatic heterocycles. The summed E-state index contributed by atoms with van der Waals surface area (Å²) in [4.78, 5) is 12.4. The second-order valence-corrected chi connectivity index (χ2v) is 5.85. The standard InChI is InChI=1S/C16H17IN2O/c1-11-10-13(17)6-7-15(11)19-16(20)14-5-3-2-4-12(14)8-9-18/h2-7,10H,8-9,18H2,1H3,(H,19,20). The fourth-order valence-electron chi connectivity index (χ4n) is 2.07. The summed E-state index contributed by atoms with van der Waals surface area (Å²) in [5.41, 5.74) is 9.17. The van der Waals surface area contributed by atoms with E-state index in [1.807, 2.05) is 49.4 Å². The molecule has 0 unspecified atom stereocenters. The molecule has 104 valence electrons. The van der Waals surface area contributed by atoms with Gasteiger partial charge in [-0.25, -0.2) is 0 Å². The minimum Gasteiger partial charge on any atom is -0.330 e. The third-order valence-electron chi connectivity index (χ3n) is 3.11. The molecule has 0 spiro atoms. The summed E-state index contributed by atoms with van der Waals surface area (Å²) in [6.45, 7) is 2.52. The molecule has 4 heteroatoms. The van der Waals surface area contributed by atoms with E-state index in [2.05, 4.69) is 27.9 Å². The maximum Gasteiger partial charge on any atom is 0.255 e. The van der Waals surface area contributed by atoms with Gasteiger partial charge in [0, 0.05) is 14.8 Å². The minimum atomic E-state index is -0.0849. The fourth-order valence-corrected chi connectivity index (χ4v) is 2.72. The molecule has 0 heterocycles. The summed E-state index contributed by atoms with van der Waals surface area (Å²) < 4.78 is 1.15. The second-order valence-electron chi connectivity index (χ2n) is 4.61. The Balaban J connectivity index is 2.24. The number of aryl methyl sites for hydroxylation is 1. The van der Waals surface area contributed by atoms with E-state index >= 15 is 0 Å². The smallest absolute Gasteiger partial charge is 0.255 e. The van der Waals surface area contributed by atoms with Crippen molar-refractivity contribution < 1.29 is 4.79 Å². The maximum atomic E-state index is 12.4. The number of halogens is 1. The quantitative estimate of drug-likeness (QED) is 0.800. The van der Waals surface area contributed by atoms with E-state index in [9.17, 15) is 4.79 Å². The highest BCUT2D eigenvalue weighted by Crippen LogP contribution is 2.19. The summed E-state index contributed by atoms with van der Waals surface area (Å²) in [7, 11) is 0. The van der Waals surface area contributed by atoms with E-state index in [1.54, 1.807) is 0 Å². The molecule has 3 nitrogen and oxygen atoms in total. The molecule has 2 aromatic carbocycles. The van der Waals surface area contributed by atoms with Crippen molar-refractivity contribution in [2.75, 3.05) is 11.9 Å². The molecule has 0 radical (unpaired) electrons. The van der Waals surface area contributed by atoms with Gasteiger partial charge in [-0.05, 0) is 77.9 Å². The van der Waals surface area contributed by atoms with Crippen molar-refractivity contribution in [2.45, 2.75) is 13.3 Å². The van der Waals surface area contributed by atoms with E-state index in [1.165, 1.54) is 0 Å². The zero-order valence-electron chi connectivity index (χ0n) is 11.3. The molecule has 2 rings (SSSR count). The molecule has 0 fully saturated rings. The van der Waals surface area contributed by atoms with Gasteiger partial charge in [-0.1, -0.05) is 18.2 Å². The van der Waals surface area contributed by atoms with E-state index in [4.69, 9.17) is 5.73 Å². The lowest BCUT2D eigenvalue weighted by molar-refractivity contribution is 0.102. The first-order valence-corrected chi connectivity index (χ1v) is 7.55. The first-order chi connectivity index (χ1) is 9.61. The molecule has 3 N–H and O–H groups in total. The number of nitrogens with one attached hydrogen (secondary N) is 1. The number of hydrogen-bond acceptors (Lipinski definition) is 2. The highest BCUT2D eigenvalue weighted by Gasteiger charge is 2.11. The molecule has 0 atom stereocenters. The van der Waals surface area contributed by atoms with Crippen molar-refractivity contribution in [3.63, 3.8) is 0 Å². The number of amides is 1. The summed E-state index contributed by atoms with van der Waals surface area (Å²) in [6.07, 6.45) is 0.704. The predicted molar refractivity (Wildman–Crippen MR) is 91.0 cm³/mol. The molecular formula is C16H17IN2O. The van der Waals surface area contributed by atoms with Crippen LogP contribution in [-0.2, 0) is 6.42 Å². The average molecular weight is 380 g/mol.